The Morgan fingerprint density at radius 2 is 1.74 bits per heavy atom. The SMILES string of the molecule is CCOc1ccc(NC(=O)NCc2ccccc2COC)cc1. The zero-order valence-electron chi connectivity index (χ0n) is 13.5. The Morgan fingerprint density at radius 3 is 2.39 bits per heavy atom. The van der Waals surface area contributed by atoms with Crippen LogP contribution in [-0.4, -0.2) is 19.7 Å². The summed E-state index contributed by atoms with van der Waals surface area (Å²) in [6.07, 6.45) is 0. The Labute approximate surface area is 136 Å². The molecule has 0 aromatic heterocycles. The van der Waals surface area contributed by atoms with E-state index in [1.165, 1.54) is 0 Å². The van der Waals surface area contributed by atoms with Crippen LogP contribution < -0.4 is 15.4 Å². The minimum Gasteiger partial charge on any atom is -0.494 e. The van der Waals surface area contributed by atoms with E-state index in [4.69, 9.17) is 9.47 Å². The van der Waals surface area contributed by atoms with E-state index in [9.17, 15) is 4.79 Å². The van der Waals surface area contributed by atoms with E-state index in [2.05, 4.69) is 10.6 Å². The number of amides is 2. The van der Waals surface area contributed by atoms with E-state index < -0.39 is 0 Å². The van der Waals surface area contributed by atoms with Crippen LogP contribution in [0, 0.1) is 0 Å². The smallest absolute Gasteiger partial charge is 0.319 e. The first-order valence-electron chi connectivity index (χ1n) is 7.56. The number of nitrogens with one attached hydrogen (secondary N) is 2. The van der Waals surface area contributed by atoms with Crippen LogP contribution in [0.5, 0.6) is 5.75 Å². The molecule has 0 spiro atoms. The molecule has 5 heteroatoms. The summed E-state index contributed by atoms with van der Waals surface area (Å²) in [6, 6.07) is 14.9. The lowest BCUT2D eigenvalue weighted by atomic mass is 10.1. The average molecular weight is 314 g/mol. The molecule has 2 aromatic rings. The molecule has 0 unspecified atom stereocenters. The fraction of sp³-hybridized carbons (Fsp3) is 0.278. The number of urea groups is 1. The highest BCUT2D eigenvalue weighted by Crippen LogP contribution is 2.15. The fourth-order valence-corrected chi connectivity index (χ4v) is 2.18. The molecule has 0 heterocycles. The molecule has 0 saturated heterocycles. The van der Waals surface area contributed by atoms with Crippen molar-refractivity contribution in [3.05, 3.63) is 59.7 Å². The second-order valence-electron chi connectivity index (χ2n) is 4.97. The number of carbonyl (C=O) groups is 1. The van der Waals surface area contributed by atoms with Gasteiger partial charge in [-0.3, -0.25) is 0 Å². The molecule has 2 aromatic carbocycles. The van der Waals surface area contributed by atoms with Crippen molar-refractivity contribution in [2.45, 2.75) is 20.1 Å². The van der Waals surface area contributed by atoms with Crippen molar-refractivity contribution in [1.82, 2.24) is 5.32 Å². The number of hydrogen-bond donors (Lipinski definition) is 2. The van der Waals surface area contributed by atoms with Gasteiger partial charge in [-0.2, -0.15) is 0 Å². The summed E-state index contributed by atoms with van der Waals surface area (Å²) < 4.78 is 10.5. The highest BCUT2D eigenvalue weighted by molar-refractivity contribution is 5.89. The zero-order valence-corrected chi connectivity index (χ0v) is 13.5. The lowest BCUT2D eigenvalue weighted by Gasteiger charge is -2.11. The number of anilines is 1. The molecule has 2 amide bonds. The van der Waals surface area contributed by atoms with Gasteiger partial charge in [0, 0.05) is 19.3 Å². The molecule has 0 aliphatic carbocycles. The number of benzene rings is 2. The number of carbonyl (C=O) groups excluding carboxylic acids is 1. The van der Waals surface area contributed by atoms with Crippen LogP contribution in [0.25, 0.3) is 0 Å². The average Bonchev–Trinajstić information content (AvgIpc) is 2.56. The Balaban J connectivity index is 1.87. The van der Waals surface area contributed by atoms with Gasteiger partial charge in [0.05, 0.1) is 13.2 Å². The minimum absolute atomic E-state index is 0.249. The van der Waals surface area contributed by atoms with Crippen molar-refractivity contribution < 1.29 is 14.3 Å². The Morgan fingerprint density at radius 1 is 1.04 bits per heavy atom. The van der Waals surface area contributed by atoms with Gasteiger partial charge in [-0.1, -0.05) is 24.3 Å². The first-order valence-corrected chi connectivity index (χ1v) is 7.56. The van der Waals surface area contributed by atoms with Gasteiger partial charge >= 0.3 is 6.03 Å². The highest BCUT2D eigenvalue weighted by Gasteiger charge is 2.05. The molecule has 0 bridgehead atoms. The Bertz CT molecular complexity index is 626. The van der Waals surface area contributed by atoms with Gasteiger partial charge in [-0.25, -0.2) is 4.79 Å². The van der Waals surface area contributed by atoms with Gasteiger partial charge in [0.1, 0.15) is 5.75 Å². The summed E-state index contributed by atoms with van der Waals surface area (Å²) in [5, 5.41) is 5.65. The van der Waals surface area contributed by atoms with Crippen molar-refractivity contribution in [2.24, 2.45) is 0 Å². The third kappa shape index (κ3) is 5.30. The van der Waals surface area contributed by atoms with E-state index in [-0.39, 0.29) is 6.03 Å². The summed E-state index contributed by atoms with van der Waals surface area (Å²) in [4.78, 5) is 12.0. The largest absolute Gasteiger partial charge is 0.494 e. The number of rotatable bonds is 7. The van der Waals surface area contributed by atoms with Crippen LogP contribution in [0.1, 0.15) is 18.1 Å². The molecule has 122 valence electrons. The molecule has 0 fully saturated rings. The summed E-state index contributed by atoms with van der Waals surface area (Å²) in [6.45, 7) is 3.52. The van der Waals surface area contributed by atoms with Crippen molar-refractivity contribution >= 4 is 11.7 Å². The lowest BCUT2D eigenvalue weighted by molar-refractivity contribution is 0.184. The third-order valence-corrected chi connectivity index (χ3v) is 3.28. The molecule has 5 nitrogen and oxygen atoms in total. The van der Waals surface area contributed by atoms with E-state index in [0.29, 0.717) is 19.8 Å². The molecule has 23 heavy (non-hydrogen) atoms. The van der Waals surface area contributed by atoms with Crippen molar-refractivity contribution in [3.63, 3.8) is 0 Å². The monoisotopic (exact) mass is 314 g/mol. The highest BCUT2D eigenvalue weighted by atomic mass is 16.5. The Hall–Kier alpha value is -2.53. The molecule has 0 aliphatic rings. The predicted molar refractivity (Wildman–Crippen MR) is 90.6 cm³/mol. The van der Waals surface area contributed by atoms with Gasteiger partial charge < -0.3 is 20.1 Å². The summed E-state index contributed by atoms with van der Waals surface area (Å²) in [5.74, 6) is 0.784. The molecule has 0 radical (unpaired) electrons. The number of ether oxygens (including phenoxy) is 2. The van der Waals surface area contributed by atoms with E-state index >= 15 is 0 Å². The second kappa shape index (κ2) is 8.80. The quantitative estimate of drug-likeness (QED) is 0.821. The van der Waals surface area contributed by atoms with Crippen LogP contribution in [-0.2, 0) is 17.9 Å². The standard InChI is InChI=1S/C18H22N2O3/c1-3-23-17-10-8-16(9-11-17)20-18(21)19-12-14-6-4-5-7-15(14)13-22-2/h4-11H,3,12-13H2,1-2H3,(H2,19,20,21). The van der Waals surface area contributed by atoms with Gasteiger partial charge in [0.25, 0.3) is 0 Å². The van der Waals surface area contributed by atoms with E-state index in [0.717, 1.165) is 22.6 Å². The summed E-state index contributed by atoms with van der Waals surface area (Å²) in [5.41, 5.74) is 2.82. The Kier molecular flexibility index (Phi) is 6.44. The van der Waals surface area contributed by atoms with Gasteiger partial charge in [-0.15, -0.1) is 0 Å². The zero-order chi connectivity index (χ0) is 16.5. The van der Waals surface area contributed by atoms with Crippen LogP contribution in [0.3, 0.4) is 0 Å². The number of hydrogen-bond acceptors (Lipinski definition) is 3. The van der Waals surface area contributed by atoms with Crippen molar-refractivity contribution in [2.75, 3.05) is 19.0 Å². The van der Waals surface area contributed by atoms with Gasteiger partial charge in [-0.05, 0) is 42.3 Å². The van der Waals surface area contributed by atoms with Crippen LogP contribution in [0.15, 0.2) is 48.5 Å². The normalized spacial score (nSPS) is 10.2. The molecule has 2 rings (SSSR count). The van der Waals surface area contributed by atoms with Crippen molar-refractivity contribution in [1.29, 1.82) is 0 Å². The van der Waals surface area contributed by atoms with Crippen LogP contribution >= 0.6 is 0 Å². The van der Waals surface area contributed by atoms with E-state index in [1.807, 2.05) is 55.5 Å². The number of methoxy groups -OCH3 is 1. The molecular formula is C18H22N2O3. The maximum Gasteiger partial charge on any atom is 0.319 e. The molecule has 2 N–H and O–H groups in total. The lowest BCUT2D eigenvalue weighted by Crippen LogP contribution is -2.28. The van der Waals surface area contributed by atoms with Crippen molar-refractivity contribution in [3.8, 4) is 5.75 Å². The van der Waals surface area contributed by atoms with Crippen LogP contribution in [0.4, 0.5) is 10.5 Å². The molecule has 0 aliphatic heterocycles. The van der Waals surface area contributed by atoms with E-state index in [1.54, 1.807) is 7.11 Å². The summed E-state index contributed by atoms with van der Waals surface area (Å²) in [7, 11) is 1.66. The molecular weight excluding hydrogens is 292 g/mol. The predicted octanol–water partition coefficient (Wildman–Crippen LogP) is 3.55. The van der Waals surface area contributed by atoms with Crippen LogP contribution in [0.2, 0.25) is 0 Å². The van der Waals surface area contributed by atoms with Gasteiger partial charge in [0.2, 0.25) is 0 Å². The first kappa shape index (κ1) is 16.8. The molecule has 0 saturated carbocycles. The molecule has 0 atom stereocenters. The second-order valence-corrected chi connectivity index (χ2v) is 4.97. The maximum absolute atomic E-state index is 12.0. The first-order chi connectivity index (χ1) is 11.2. The minimum atomic E-state index is -0.249. The summed E-state index contributed by atoms with van der Waals surface area (Å²) >= 11 is 0. The topological polar surface area (TPSA) is 59.6 Å². The maximum atomic E-state index is 12.0. The third-order valence-electron chi connectivity index (χ3n) is 3.28. The van der Waals surface area contributed by atoms with Gasteiger partial charge in [0.15, 0.2) is 0 Å². The fourth-order valence-electron chi connectivity index (χ4n) is 2.18.